The second kappa shape index (κ2) is 2.70. The molecule has 2 atom stereocenters. The lowest BCUT2D eigenvalue weighted by Crippen LogP contribution is -2.42. The molecule has 2 bridgehead atoms. The van der Waals surface area contributed by atoms with E-state index < -0.39 is 11.4 Å². The van der Waals surface area contributed by atoms with Crippen molar-refractivity contribution < 1.29 is 14.6 Å². The van der Waals surface area contributed by atoms with E-state index in [0.717, 1.165) is 39.0 Å². The lowest BCUT2D eigenvalue weighted by molar-refractivity contribution is -0.144. The molecule has 2 saturated heterocycles. The van der Waals surface area contributed by atoms with Crippen LogP contribution in [0.2, 0.25) is 0 Å². The maximum Gasteiger partial charge on any atom is 0.310 e. The van der Waals surface area contributed by atoms with Crippen LogP contribution in [0.5, 0.6) is 0 Å². The number of fused-ring (bicyclic) bond motifs is 2. The molecule has 0 radical (unpaired) electrons. The van der Waals surface area contributed by atoms with Gasteiger partial charge in [0.1, 0.15) is 0 Å². The van der Waals surface area contributed by atoms with E-state index in [1.807, 2.05) is 0 Å². The molecule has 0 aromatic carbocycles. The lowest BCUT2D eigenvalue weighted by atomic mass is 10.1. The van der Waals surface area contributed by atoms with E-state index >= 15 is 0 Å². The molecule has 3 rings (SSSR count). The van der Waals surface area contributed by atoms with E-state index in [2.05, 4.69) is 4.90 Å². The molecule has 14 heavy (non-hydrogen) atoms. The lowest BCUT2D eigenvalue weighted by Gasteiger charge is -2.29. The van der Waals surface area contributed by atoms with Crippen molar-refractivity contribution in [2.45, 2.75) is 31.4 Å². The first-order valence-electron chi connectivity index (χ1n) is 5.29. The second-order valence-corrected chi connectivity index (χ2v) is 4.86. The third kappa shape index (κ3) is 1.17. The van der Waals surface area contributed by atoms with E-state index in [1.54, 1.807) is 0 Å². The number of carboxylic acid groups (broad SMARTS) is 1. The van der Waals surface area contributed by atoms with Gasteiger partial charge in [-0.3, -0.25) is 9.69 Å². The summed E-state index contributed by atoms with van der Waals surface area (Å²) in [6, 6.07) is 0.497. The molecule has 78 valence electrons. The number of morpholine rings is 1. The van der Waals surface area contributed by atoms with Crippen molar-refractivity contribution in [3.8, 4) is 0 Å². The summed E-state index contributed by atoms with van der Waals surface area (Å²) in [5.74, 6) is -0.610. The van der Waals surface area contributed by atoms with Gasteiger partial charge in [-0.2, -0.15) is 0 Å². The predicted molar refractivity (Wildman–Crippen MR) is 49.0 cm³/mol. The highest BCUT2D eigenvalue weighted by Gasteiger charge is 2.53. The number of carboxylic acids is 1. The maximum atomic E-state index is 11.0. The van der Waals surface area contributed by atoms with Crippen LogP contribution in [0.1, 0.15) is 19.3 Å². The van der Waals surface area contributed by atoms with Gasteiger partial charge in [0, 0.05) is 19.1 Å². The van der Waals surface area contributed by atoms with E-state index in [0.29, 0.717) is 12.1 Å². The summed E-state index contributed by atoms with van der Waals surface area (Å²) >= 11 is 0. The Bertz CT molecular complexity index is 275. The largest absolute Gasteiger partial charge is 0.481 e. The van der Waals surface area contributed by atoms with Gasteiger partial charge in [0.2, 0.25) is 0 Å². The van der Waals surface area contributed by atoms with E-state index in [-0.39, 0.29) is 0 Å². The fourth-order valence-electron chi connectivity index (χ4n) is 2.65. The highest BCUT2D eigenvalue weighted by atomic mass is 16.5. The molecule has 3 fully saturated rings. The Labute approximate surface area is 82.8 Å². The molecule has 0 unspecified atom stereocenters. The number of nitrogens with zero attached hydrogens (tertiary/aromatic N) is 1. The SMILES string of the molecule is O=C(O)C1(CN2C[C@H]3C[C@@H]2CO3)CC1. The van der Waals surface area contributed by atoms with E-state index in [1.165, 1.54) is 0 Å². The van der Waals surface area contributed by atoms with Crippen molar-refractivity contribution in [3.05, 3.63) is 0 Å². The summed E-state index contributed by atoms with van der Waals surface area (Å²) in [4.78, 5) is 13.3. The first kappa shape index (κ1) is 8.68. The Hall–Kier alpha value is -0.610. The van der Waals surface area contributed by atoms with Crippen molar-refractivity contribution in [1.29, 1.82) is 0 Å². The number of likely N-dealkylation sites (tertiary alicyclic amines) is 1. The molecule has 0 spiro atoms. The second-order valence-electron chi connectivity index (χ2n) is 4.86. The molecule has 4 nitrogen and oxygen atoms in total. The van der Waals surface area contributed by atoms with Crippen LogP contribution in [0.15, 0.2) is 0 Å². The molecule has 3 aliphatic rings. The van der Waals surface area contributed by atoms with Crippen molar-refractivity contribution in [2.24, 2.45) is 5.41 Å². The van der Waals surface area contributed by atoms with Gasteiger partial charge in [-0.15, -0.1) is 0 Å². The zero-order chi connectivity index (χ0) is 9.76. The van der Waals surface area contributed by atoms with Crippen LogP contribution in [-0.2, 0) is 9.53 Å². The Morgan fingerprint density at radius 3 is 2.79 bits per heavy atom. The minimum atomic E-state index is -0.610. The van der Waals surface area contributed by atoms with Crippen LogP contribution in [0.3, 0.4) is 0 Å². The number of hydrogen-bond acceptors (Lipinski definition) is 3. The average Bonchev–Trinajstić information content (AvgIpc) is 2.66. The monoisotopic (exact) mass is 197 g/mol. The van der Waals surface area contributed by atoms with Crippen molar-refractivity contribution in [2.75, 3.05) is 19.7 Å². The zero-order valence-corrected chi connectivity index (χ0v) is 8.11. The molecule has 1 aliphatic carbocycles. The number of ether oxygens (including phenoxy) is 1. The van der Waals surface area contributed by atoms with E-state index in [9.17, 15) is 4.79 Å². The van der Waals surface area contributed by atoms with Gasteiger partial charge >= 0.3 is 5.97 Å². The van der Waals surface area contributed by atoms with Gasteiger partial charge in [-0.1, -0.05) is 0 Å². The highest BCUT2D eigenvalue weighted by molar-refractivity contribution is 5.78. The van der Waals surface area contributed by atoms with Crippen LogP contribution in [-0.4, -0.2) is 47.8 Å². The van der Waals surface area contributed by atoms with Crippen LogP contribution in [0.25, 0.3) is 0 Å². The van der Waals surface area contributed by atoms with Gasteiger partial charge in [0.15, 0.2) is 0 Å². The Morgan fingerprint density at radius 1 is 1.57 bits per heavy atom. The van der Waals surface area contributed by atoms with Crippen molar-refractivity contribution in [1.82, 2.24) is 4.90 Å². The Kier molecular flexibility index (Phi) is 1.67. The van der Waals surface area contributed by atoms with Gasteiger partial charge in [-0.05, 0) is 19.3 Å². The summed E-state index contributed by atoms with van der Waals surface area (Å²) in [7, 11) is 0. The smallest absolute Gasteiger partial charge is 0.310 e. The van der Waals surface area contributed by atoms with Crippen LogP contribution >= 0.6 is 0 Å². The number of aliphatic carboxylic acids is 1. The first-order valence-corrected chi connectivity index (χ1v) is 5.29. The Balaban J connectivity index is 1.66. The van der Waals surface area contributed by atoms with Crippen LogP contribution in [0.4, 0.5) is 0 Å². The van der Waals surface area contributed by atoms with Gasteiger partial charge in [-0.25, -0.2) is 0 Å². The molecule has 1 saturated carbocycles. The van der Waals surface area contributed by atoms with Gasteiger partial charge in [0.25, 0.3) is 0 Å². The summed E-state index contributed by atoms with van der Waals surface area (Å²) in [6.07, 6.45) is 3.20. The summed E-state index contributed by atoms with van der Waals surface area (Å²) in [5, 5.41) is 9.08. The standard InChI is InChI=1S/C10H15NO3/c12-9(13)10(1-2-10)6-11-4-8-3-7(11)5-14-8/h7-8H,1-6H2,(H,12,13)/t7-,8-/m1/s1. The fourth-order valence-corrected chi connectivity index (χ4v) is 2.65. The Morgan fingerprint density at radius 2 is 2.36 bits per heavy atom. The minimum Gasteiger partial charge on any atom is -0.481 e. The highest BCUT2D eigenvalue weighted by Crippen LogP contribution is 2.48. The third-order valence-corrected chi connectivity index (χ3v) is 3.83. The zero-order valence-electron chi connectivity index (χ0n) is 8.11. The molecule has 0 aromatic heterocycles. The molecule has 0 aromatic rings. The van der Waals surface area contributed by atoms with Crippen LogP contribution in [0, 0.1) is 5.41 Å². The third-order valence-electron chi connectivity index (χ3n) is 3.83. The summed E-state index contributed by atoms with van der Waals surface area (Å²) < 4.78 is 5.49. The summed E-state index contributed by atoms with van der Waals surface area (Å²) in [6.45, 7) is 2.49. The molecule has 2 aliphatic heterocycles. The topological polar surface area (TPSA) is 49.8 Å². The van der Waals surface area contributed by atoms with Crippen molar-refractivity contribution >= 4 is 5.97 Å². The number of rotatable bonds is 3. The maximum absolute atomic E-state index is 11.0. The molecule has 2 heterocycles. The number of hydrogen-bond donors (Lipinski definition) is 1. The van der Waals surface area contributed by atoms with E-state index in [4.69, 9.17) is 9.84 Å². The minimum absolute atomic E-state index is 0.379. The molecule has 0 amide bonds. The molecular weight excluding hydrogens is 182 g/mol. The van der Waals surface area contributed by atoms with Crippen LogP contribution < -0.4 is 0 Å². The molecular formula is C10H15NO3. The van der Waals surface area contributed by atoms with Gasteiger partial charge < -0.3 is 9.84 Å². The fraction of sp³-hybridized carbons (Fsp3) is 0.900. The number of carbonyl (C=O) groups is 1. The average molecular weight is 197 g/mol. The molecule has 1 N–H and O–H groups in total. The normalized spacial score (nSPS) is 38.9. The molecule has 4 heteroatoms. The quantitative estimate of drug-likeness (QED) is 0.708. The first-order chi connectivity index (χ1) is 6.70. The predicted octanol–water partition coefficient (Wildman–Crippen LogP) is 0.324. The van der Waals surface area contributed by atoms with Gasteiger partial charge in [0.05, 0.1) is 18.1 Å². The summed E-state index contributed by atoms with van der Waals surface area (Å²) in [5.41, 5.74) is -0.398. The van der Waals surface area contributed by atoms with Crippen molar-refractivity contribution in [3.63, 3.8) is 0 Å².